The Morgan fingerprint density at radius 1 is 1.24 bits per heavy atom. The fourth-order valence-corrected chi connectivity index (χ4v) is 2.83. The highest BCUT2D eigenvalue weighted by Crippen LogP contribution is 2.40. The van der Waals surface area contributed by atoms with Crippen molar-refractivity contribution >= 4 is 27.5 Å². The smallest absolute Gasteiger partial charge is 0.142 e. The summed E-state index contributed by atoms with van der Waals surface area (Å²) in [6.45, 7) is 0. The number of benzene rings is 1. The third-order valence-corrected chi connectivity index (χ3v) is 4.01. The van der Waals surface area contributed by atoms with E-state index in [-0.39, 0.29) is 6.04 Å². The number of hydrogen-bond acceptors (Lipinski definition) is 5. The molecule has 5 nitrogen and oxygen atoms in total. The van der Waals surface area contributed by atoms with E-state index in [1.165, 1.54) is 0 Å². The van der Waals surface area contributed by atoms with Gasteiger partial charge in [0.15, 0.2) is 0 Å². The van der Waals surface area contributed by atoms with Crippen LogP contribution in [0, 0.1) is 0 Å². The first-order valence-corrected chi connectivity index (χ1v) is 7.27. The molecule has 0 saturated heterocycles. The van der Waals surface area contributed by atoms with Crippen molar-refractivity contribution in [2.24, 2.45) is 5.84 Å². The van der Waals surface area contributed by atoms with E-state index in [1.54, 1.807) is 26.5 Å². The van der Waals surface area contributed by atoms with E-state index in [2.05, 4.69) is 26.3 Å². The lowest BCUT2D eigenvalue weighted by Crippen LogP contribution is -2.29. The van der Waals surface area contributed by atoms with E-state index in [0.717, 1.165) is 15.7 Å². The molecule has 1 heterocycles. The van der Waals surface area contributed by atoms with Crippen molar-refractivity contribution in [2.45, 2.75) is 6.04 Å². The number of nitrogens with zero attached hydrogens (tertiary/aromatic N) is 1. The molecule has 1 atom stereocenters. The Morgan fingerprint density at radius 3 is 2.52 bits per heavy atom. The summed E-state index contributed by atoms with van der Waals surface area (Å²) < 4.78 is 11.5. The van der Waals surface area contributed by atoms with Crippen LogP contribution in [0.5, 0.6) is 11.5 Å². The van der Waals surface area contributed by atoms with Crippen molar-refractivity contribution in [3.05, 3.63) is 51.2 Å². The third kappa shape index (κ3) is 3.29. The van der Waals surface area contributed by atoms with Gasteiger partial charge in [-0.2, -0.15) is 0 Å². The Morgan fingerprint density at radius 2 is 2.00 bits per heavy atom. The second kappa shape index (κ2) is 7.09. The molecule has 0 spiro atoms. The minimum Gasteiger partial charge on any atom is -0.495 e. The van der Waals surface area contributed by atoms with E-state index in [0.29, 0.717) is 16.5 Å². The van der Waals surface area contributed by atoms with Crippen molar-refractivity contribution < 1.29 is 9.47 Å². The molecule has 7 heteroatoms. The number of halogens is 2. The molecule has 1 unspecified atom stereocenters. The van der Waals surface area contributed by atoms with Crippen molar-refractivity contribution in [3.8, 4) is 11.5 Å². The van der Waals surface area contributed by atoms with Crippen LogP contribution in [0.15, 0.2) is 34.9 Å². The number of hydrazine groups is 1. The van der Waals surface area contributed by atoms with E-state index in [9.17, 15) is 0 Å². The van der Waals surface area contributed by atoms with E-state index in [1.807, 2.05) is 18.2 Å². The molecular weight excluding hydrogens is 358 g/mol. The van der Waals surface area contributed by atoms with Crippen LogP contribution in [0.1, 0.15) is 17.3 Å². The van der Waals surface area contributed by atoms with Gasteiger partial charge in [0.25, 0.3) is 0 Å². The van der Waals surface area contributed by atoms with E-state index in [4.69, 9.17) is 26.9 Å². The van der Waals surface area contributed by atoms with Gasteiger partial charge in [-0.05, 0) is 40.2 Å². The molecule has 0 fully saturated rings. The lowest BCUT2D eigenvalue weighted by Gasteiger charge is -2.20. The fourth-order valence-electron chi connectivity index (χ4n) is 2.04. The van der Waals surface area contributed by atoms with Gasteiger partial charge < -0.3 is 9.47 Å². The molecule has 2 rings (SSSR count). The van der Waals surface area contributed by atoms with Crippen LogP contribution in [0.4, 0.5) is 0 Å². The predicted molar refractivity (Wildman–Crippen MR) is 85.7 cm³/mol. The molecular formula is C14H15BrClN3O2. The largest absolute Gasteiger partial charge is 0.495 e. The minimum atomic E-state index is -0.334. The van der Waals surface area contributed by atoms with Gasteiger partial charge in [-0.15, -0.1) is 0 Å². The Kier molecular flexibility index (Phi) is 5.41. The summed E-state index contributed by atoms with van der Waals surface area (Å²) in [5, 5.41) is 0.567. The molecule has 112 valence electrons. The van der Waals surface area contributed by atoms with Gasteiger partial charge in [0, 0.05) is 11.8 Å². The molecule has 0 saturated carbocycles. The first-order chi connectivity index (χ1) is 10.1. The quantitative estimate of drug-likeness (QED) is 0.623. The van der Waals surface area contributed by atoms with Crippen LogP contribution >= 0.6 is 27.5 Å². The summed E-state index contributed by atoms with van der Waals surface area (Å²) in [6, 6.07) is 6.95. The summed E-state index contributed by atoms with van der Waals surface area (Å²) in [5.74, 6) is 7.00. The molecule has 1 aromatic carbocycles. The van der Waals surface area contributed by atoms with Crippen LogP contribution in [0.3, 0.4) is 0 Å². The number of pyridine rings is 1. The zero-order chi connectivity index (χ0) is 15.4. The highest BCUT2D eigenvalue weighted by Gasteiger charge is 2.22. The average Bonchev–Trinajstić information content (AvgIpc) is 2.50. The van der Waals surface area contributed by atoms with Crippen LogP contribution in [0.2, 0.25) is 5.02 Å². The van der Waals surface area contributed by atoms with Crippen LogP contribution < -0.4 is 20.7 Å². The summed E-state index contributed by atoms with van der Waals surface area (Å²) in [5.41, 5.74) is 4.32. The zero-order valence-electron chi connectivity index (χ0n) is 11.6. The fraction of sp³-hybridized carbons (Fsp3) is 0.214. The molecule has 0 bridgehead atoms. The highest BCUT2D eigenvalue weighted by molar-refractivity contribution is 9.10. The van der Waals surface area contributed by atoms with Gasteiger partial charge in [0.05, 0.1) is 31.0 Å². The van der Waals surface area contributed by atoms with Gasteiger partial charge in [-0.3, -0.25) is 10.8 Å². The Balaban J connectivity index is 2.52. The van der Waals surface area contributed by atoms with Gasteiger partial charge in [-0.1, -0.05) is 11.6 Å². The summed E-state index contributed by atoms with van der Waals surface area (Å²) >= 11 is 9.34. The van der Waals surface area contributed by atoms with Crippen molar-refractivity contribution in [2.75, 3.05) is 14.2 Å². The van der Waals surface area contributed by atoms with Gasteiger partial charge in [0.2, 0.25) is 0 Å². The molecule has 0 amide bonds. The second-order valence-corrected chi connectivity index (χ2v) is 5.43. The SMILES string of the molecule is COc1ccc(C(NN)c2ccc(Cl)cn2)c(OC)c1Br. The number of nitrogens with two attached hydrogens (primary N) is 1. The van der Waals surface area contributed by atoms with Crippen LogP contribution in [-0.4, -0.2) is 19.2 Å². The van der Waals surface area contributed by atoms with Crippen molar-refractivity contribution in [3.63, 3.8) is 0 Å². The molecule has 3 N–H and O–H groups in total. The van der Waals surface area contributed by atoms with E-state index < -0.39 is 0 Å². The summed E-state index contributed by atoms with van der Waals surface area (Å²) in [4.78, 5) is 4.30. The van der Waals surface area contributed by atoms with Gasteiger partial charge in [0.1, 0.15) is 16.0 Å². The lowest BCUT2D eigenvalue weighted by atomic mass is 10.0. The maximum Gasteiger partial charge on any atom is 0.142 e. The predicted octanol–water partition coefficient (Wildman–Crippen LogP) is 3.07. The van der Waals surface area contributed by atoms with Crippen molar-refractivity contribution in [1.29, 1.82) is 0 Å². The maximum atomic E-state index is 5.87. The molecule has 0 radical (unpaired) electrons. The molecule has 2 aromatic rings. The number of methoxy groups -OCH3 is 2. The van der Waals surface area contributed by atoms with Crippen molar-refractivity contribution in [1.82, 2.24) is 10.4 Å². The zero-order valence-corrected chi connectivity index (χ0v) is 13.9. The number of ether oxygens (including phenoxy) is 2. The first kappa shape index (κ1) is 16.0. The monoisotopic (exact) mass is 371 g/mol. The van der Waals surface area contributed by atoms with Crippen LogP contribution in [-0.2, 0) is 0 Å². The summed E-state index contributed by atoms with van der Waals surface area (Å²) in [6.07, 6.45) is 1.58. The van der Waals surface area contributed by atoms with Crippen LogP contribution in [0.25, 0.3) is 0 Å². The second-order valence-electron chi connectivity index (χ2n) is 4.21. The normalized spacial score (nSPS) is 12.0. The molecule has 0 aliphatic rings. The lowest BCUT2D eigenvalue weighted by molar-refractivity contribution is 0.382. The Labute approximate surface area is 136 Å². The first-order valence-electron chi connectivity index (χ1n) is 6.10. The molecule has 21 heavy (non-hydrogen) atoms. The molecule has 1 aromatic heterocycles. The number of hydrogen-bond donors (Lipinski definition) is 2. The van der Waals surface area contributed by atoms with E-state index >= 15 is 0 Å². The maximum absolute atomic E-state index is 5.87. The molecule has 0 aliphatic heterocycles. The number of rotatable bonds is 5. The Bertz CT molecular complexity index is 622. The number of aromatic nitrogens is 1. The Hall–Kier alpha value is -1.34. The topological polar surface area (TPSA) is 69.4 Å². The van der Waals surface area contributed by atoms with Gasteiger partial charge in [-0.25, -0.2) is 5.43 Å². The third-order valence-electron chi connectivity index (χ3n) is 3.04. The summed E-state index contributed by atoms with van der Waals surface area (Å²) in [7, 11) is 3.19. The standard InChI is InChI=1S/C14H15BrClN3O2/c1-20-11-6-4-9(14(21-2)12(11)15)13(19-17)10-5-3-8(16)7-18-10/h3-7,13,19H,17H2,1-2H3. The van der Waals surface area contributed by atoms with Gasteiger partial charge >= 0.3 is 0 Å². The number of nitrogens with one attached hydrogen (secondary N) is 1. The highest BCUT2D eigenvalue weighted by atomic mass is 79.9. The molecule has 0 aliphatic carbocycles. The average molecular weight is 373 g/mol. The minimum absolute atomic E-state index is 0.334.